The Kier molecular flexibility index (Phi) is 8.59. The third-order valence-electron chi connectivity index (χ3n) is 5.87. The Morgan fingerprint density at radius 1 is 1.05 bits per heavy atom. The number of phenols is 2. The van der Waals surface area contributed by atoms with Crippen molar-refractivity contribution in [2.24, 2.45) is 10.2 Å². The van der Waals surface area contributed by atoms with Crippen LogP contribution in [0.15, 0.2) is 62.5 Å². The lowest BCUT2D eigenvalue weighted by Gasteiger charge is -2.26. The summed E-state index contributed by atoms with van der Waals surface area (Å²) in [4.78, 5) is 12.4. The van der Waals surface area contributed by atoms with Crippen molar-refractivity contribution >= 4 is 61.9 Å². The molecule has 0 saturated carbocycles. The number of nitrogens with zero attached hydrogens (tertiary/aromatic N) is 6. The summed E-state index contributed by atoms with van der Waals surface area (Å²) in [5.41, 5.74) is -1.07. The van der Waals surface area contributed by atoms with Gasteiger partial charge in [-0.25, -0.2) is 5.26 Å². The van der Waals surface area contributed by atoms with Gasteiger partial charge in [-0.05, 0) is 23.6 Å². The molecule has 3 aromatic carbocycles. The number of azo groups is 1. The molecule has 2 heterocycles. The van der Waals surface area contributed by atoms with Crippen molar-refractivity contribution in [3.63, 3.8) is 0 Å². The van der Waals surface area contributed by atoms with Crippen LogP contribution in [0.1, 0.15) is 0 Å². The van der Waals surface area contributed by atoms with Crippen LogP contribution in [-0.2, 0) is 24.2 Å². The number of nitrogens with one attached hydrogen (secondary N) is 1. The van der Waals surface area contributed by atoms with Crippen molar-refractivity contribution in [3.8, 4) is 11.5 Å². The molecule has 0 aliphatic carbocycles. The Hall–Kier alpha value is -4.24. The number of benzene rings is 3. The van der Waals surface area contributed by atoms with Gasteiger partial charge in [-0.2, -0.15) is 27.8 Å². The number of phenolic OH excluding ortho intramolecular Hbond substituents is 2. The van der Waals surface area contributed by atoms with Crippen molar-refractivity contribution in [3.05, 3.63) is 48.5 Å². The van der Waals surface area contributed by atoms with Crippen molar-refractivity contribution in [2.75, 3.05) is 36.5 Å². The van der Waals surface area contributed by atoms with Crippen molar-refractivity contribution in [2.45, 2.75) is 9.79 Å². The van der Waals surface area contributed by atoms with Crippen LogP contribution in [0.4, 0.5) is 33.3 Å². The Balaban J connectivity index is 1.56. The average molecular weight is 622 g/mol. The van der Waals surface area contributed by atoms with Crippen LogP contribution in [0.2, 0.25) is 0 Å². The Bertz CT molecular complexity index is 1770. The van der Waals surface area contributed by atoms with Gasteiger partial charge in [0.25, 0.3) is 10.1 Å². The van der Waals surface area contributed by atoms with Crippen molar-refractivity contribution in [1.82, 2.24) is 15.0 Å². The van der Waals surface area contributed by atoms with Crippen molar-refractivity contribution < 1.29 is 46.9 Å². The summed E-state index contributed by atoms with van der Waals surface area (Å²) in [6.07, 6.45) is -1.15. The van der Waals surface area contributed by atoms with Gasteiger partial charge in [0.1, 0.15) is 11.4 Å². The summed E-state index contributed by atoms with van der Waals surface area (Å²) in [5.74, 6) is -1.46. The predicted octanol–water partition coefficient (Wildman–Crippen LogP) is 4.25. The van der Waals surface area contributed by atoms with Crippen molar-refractivity contribution in [1.29, 1.82) is 0 Å². The van der Waals surface area contributed by atoms with E-state index in [0.29, 0.717) is 49.1 Å². The molecule has 5 rings (SSSR count). The number of hydrogen-bond donors (Lipinski definition) is 5. The zero-order valence-electron chi connectivity index (χ0n) is 21.1. The molecule has 5 N–H and O–H groups in total. The van der Waals surface area contributed by atoms with Crippen LogP contribution in [0.3, 0.4) is 0 Å². The largest absolute Gasteiger partial charge is 0.505 e. The number of halogens is 1. The zero-order valence-corrected chi connectivity index (χ0v) is 22.7. The number of morpholine rings is 1. The molecule has 1 aliphatic rings. The summed E-state index contributed by atoms with van der Waals surface area (Å²) in [7, 11) is -4.85. The molecule has 0 amide bonds. The van der Waals surface area contributed by atoms with Gasteiger partial charge in [0.05, 0.1) is 40.7 Å². The van der Waals surface area contributed by atoms with Crippen LogP contribution >= 0.6 is 12.0 Å². The molecule has 0 radical (unpaired) electrons. The quantitative estimate of drug-likeness (QED) is 0.0440. The van der Waals surface area contributed by atoms with Crippen LogP contribution in [0, 0.1) is 6.08 Å². The highest BCUT2D eigenvalue weighted by molar-refractivity contribution is 7.94. The predicted molar refractivity (Wildman–Crippen MR) is 144 cm³/mol. The molecule has 0 atom stereocenters. The molecule has 0 bridgehead atoms. The van der Waals surface area contributed by atoms with Crippen LogP contribution < -0.4 is 10.2 Å². The molecule has 0 spiro atoms. The van der Waals surface area contributed by atoms with E-state index in [-0.39, 0.29) is 33.9 Å². The molecule has 220 valence electrons. The monoisotopic (exact) mass is 621 g/mol. The fraction of sp³-hybridized carbons (Fsp3) is 0.174. The molecule has 1 aliphatic heterocycles. The second kappa shape index (κ2) is 12.3. The minimum Gasteiger partial charge on any atom is -0.505 e. The second-order valence-electron chi connectivity index (χ2n) is 8.49. The summed E-state index contributed by atoms with van der Waals surface area (Å²) >= 11 is 0.476. The standard InChI is InChI=1S/C23H20FN7O9S2/c24-21-26-22(28-23(27-21)31-5-7-38-8-6-31)25-15-10-13(42(35,36)37)11-16(20(15)33)29-30-18-17(41-40-39-34)9-12-3-1-2-4-14(12)19(18)32/h1-4,9-11,32-34H,5-8H2,(H,35,36,37)(H,25,26,27,28). The van der Waals surface area contributed by atoms with E-state index in [9.17, 15) is 27.6 Å². The number of rotatable bonds is 9. The molecule has 1 saturated heterocycles. The number of fused-ring (bicyclic) bond motifs is 1. The van der Waals surface area contributed by atoms with E-state index in [1.807, 2.05) is 0 Å². The number of ether oxygens (including phenoxy) is 1. The van der Waals surface area contributed by atoms with E-state index in [4.69, 9.17) is 9.99 Å². The maximum absolute atomic E-state index is 14.3. The van der Waals surface area contributed by atoms with Crippen LogP contribution in [0.5, 0.6) is 11.5 Å². The fourth-order valence-electron chi connectivity index (χ4n) is 3.94. The molecule has 42 heavy (non-hydrogen) atoms. The highest BCUT2D eigenvalue weighted by Gasteiger charge is 2.21. The van der Waals surface area contributed by atoms with E-state index in [1.54, 1.807) is 29.2 Å². The van der Waals surface area contributed by atoms with Gasteiger partial charge in [0, 0.05) is 18.5 Å². The number of aromatic nitrogens is 3. The number of aromatic hydroxyl groups is 2. The first-order chi connectivity index (χ1) is 20.1. The molecule has 1 aromatic heterocycles. The number of anilines is 3. The van der Waals surface area contributed by atoms with Gasteiger partial charge in [-0.1, -0.05) is 29.3 Å². The minimum atomic E-state index is -4.85. The Morgan fingerprint density at radius 3 is 2.55 bits per heavy atom. The molecular weight excluding hydrogens is 601 g/mol. The summed E-state index contributed by atoms with van der Waals surface area (Å²) in [6, 6.07) is 9.86. The van der Waals surface area contributed by atoms with E-state index < -0.39 is 32.5 Å². The fourth-order valence-corrected chi connectivity index (χ4v) is 4.97. The van der Waals surface area contributed by atoms with Gasteiger partial charge in [0.15, 0.2) is 11.5 Å². The molecule has 1 fully saturated rings. The average Bonchev–Trinajstić information content (AvgIpc) is 2.97. The molecular formula is C23H20FN7O9S2. The Labute approximate surface area is 240 Å². The van der Waals surface area contributed by atoms with Gasteiger partial charge in [0.2, 0.25) is 11.9 Å². The first-order valence-corrected chi connectivity index (χ1v) is 14.0. The first kappa shape index (κ1) is 29.3. The second-order valence-corrected chi connectivity index (χ2v) is 10.6. The van der Waals surface area contributed by atoms with E-state index in [0.717, 1.165) is 12.1 Å². The molecule has 0 unspecified atom stereocenters. The van der Waals surface area contributed by atoms with Crippen LogP contribution in [0.25, 0.3) is 10.8 Å². The van der Waals surface area contributed by atoms with E-state index >= 15 is 0 Å². The Morgan fingerprint density at radius 2 is 1.81 bits per heavy atom. The molecule has 19 heteroatoms. The lowest BCUT2D eigenvalue weighted by Crippen LogP contribution is -2.37. The number of hydrogen-bond acceptors (Lipinski definition) is 16. The topological polar surface area (TPSA) is 221 Å². The highest BCUT2D eigenvalue weighted by atomic mass is 32.2. The molecule has 16 nitrogen and oxygen atoms in total. The normalized spacial score (nSPS) is 14.1. The first-order valence-electron chi connectivity index (χ1n) is 11.8. The van der Waals surface area contributed by atoms with Gasteiger partial charge >= 0.3 is 6.08 Å². The maximum atomic E-state index is 14.3. The lowest BCUT2D eigenvalue weighted by atomic mass is 10.1. The smallest absolute Gasteiger partial charge is 0.315 e. The van der Waals surface area contributed by atoms with Gasteiger partial charge < -0.3 is 25.2 Å². The summed E-state index contributed by atoms with van der Waals surface area (Å²) in [5, 5.41) is 45.3. The summed E-state index contributed by atoms with van der Waals surface area (Å²) in [6.45, 7) is 1.50. The maximum Gasteiger partial charge on any atom is 0.315 e. The van der Waals surface area contributed by atoms with Gasteiger partial charge in [-0.15, -0.1) is 14.6 Å². The minimum absolute atomic E-state index is 0.0236. The van der Waals surface area contributed by atoms with Crippen LogP contribution in [-0.4, -0.2) is 69.7 Å². The molecule has 4 aromatic rings. The van der Waals surface area contributed by atoms with E-state index in [1.165, 1.54) is 6.07 Å². The SMILES string of the molecule is O=S(=O)(O)c1cc(N=Nc2c(SOOO)cc3ccccc3c2O)c(O)c(Nc2nc(F)nc(N3CCOCC3)n2)c1. The zero-order chi connectivity index (χ0) is 29.9. The van der Waals surface area contributed by atoms with Gasteiger partial charge in [-0.3, -0.25) is 4.55 Å². The highest BCUT2D eigenvalue weighted by Crippen LogP contribution is 2.45. The third kappa shape index (κ3) is 6.46. The van der Waals surface area contributed by atoms with E-state index in [2.05, 4.69) is 39.9 Å². The third-order valence-corrected chi connectivity index (χ3v) is 7.32. The lowest BCUT2D eigenvalue weighted by molar-refractivity contribution is -0.432. The summed E-state index contributed by atoms with van der Waals surface area (Å²) < 4.78 is 57.8.